The van der Waals surface area contributed by atoms with Crippen molar-refractivity contribution in [2.75, 3.05) is 17.6 Å². The molecule has 2 heterocycles. The topological polar surface area (TPSA) is 77.0 Å². The molecule has 0 aliphatic rings. The molecule has 0 aliphatic carbocycles. The van der Waals surface area contributed by atoms with E-state index >= 15 is 0 Å². The van der Waals surface area contributed by atoms with E-state index in [-0.39, 0.29) is 0 Å². The van der Waals surface area contributed by atoms with Crippen LogP contribution in [0.1, 0.15) is 5.76 Å². The molecule has 78 valence electrons. The van der Waals surface area contributed by atoms with Crippen molar-refractivity contribution >= 4 is 11.6 Å². The lowest BCUT2D eigenvalue weighted by atomic mass is 10.3. The Morgan fingerprint density at radius 2 is 2.33 bits per heavy atom. The normalized spacial score (nSPS) is 10.1. The number of hydrogen-bond donors (Lipinski definition) is 2. The van der Waals surface area contributed by atoms with E-state index in [1.54, 1.807) is 12.5 Å². The van der Waals surface area contributed by atoms with Gasteiger partial charge < -0.3 is 15.5 Å². The summed E-state index contributed by atoms with van der Waals surface area (Å²) in [6, 6.07) is 3.81. The van der Waals surface area contributed by atoms with E-state index in [0.717, 1.165) is 18.7 Å². The Morgan fingerprint density at radius 1 is 1.40 bits per heavy atom. The van der Waals surface area contributed by atoms with E-state index in [1.165, 1.54) is 6.20 Å². The van der Waals surface area contributed by atoms with E-state index in [0.29, 0.717) is 11.6 Å². The van der Waals surface area contributed by atoms with Crippen LogP contribution in [0.4, 0.5) is 11.6 Å². The lowest BCUT2D eigenvalue weighted by Crippen LogP contribution is -2.07. The number of nitrogens with zero attached hydrogens (tertiary/aromatic N) is 2. The SMILES string of the molecule is Nc1cncc(NCCc2ccco2)n1. The molecule has 0 aromatic carbocycles. The van der Waals surface area contributed by atoms with Gasteiger partial charge in [0.2, 0.25) is 0 Å². The molecule has 0 spiro atoms. The molecule has 0 aliphatic heterocycles. The lowest BCUT2D eigenvalue weighted by molar-refractivity contribution is 0.513. The average molecular weight is 204 g/mol. The quantitative estimate of drug-likeness (QED) is 0.785. The Bertz CT molecular complexity index is 413. The zero-order valence-electron chi connectivity index (χ0n) is 8.18. The molecule has 0 unspecified atom stereocenters. The Balaban J connectivity index is 1.83. The third-order valence-electron chi connectivity index (χ3n) is 1.91. The molecule has 5 nitrogen and oxygen atoms in total. The van der Waals surface area contributed by atoms with Crippen LogP contribution in [-0.4, -0.2) is 16.5 Å². The second kappa shape index (κ2) is 4.45. The van der Waals surface area contributed by atoms with Crippen LogP contribution in [0.2, 0.25) is 0 Å². The summed E-state index contributed by atoms with van der Waals surface area (Å²) in [6.45, 7) is 0.742. The van der Waals surface area contributed by atoms with Crippen molar-refractivity contribution in [3.8, 4) is 0 Å². The summed E-state index contributed by atoms with van der Waals surface area (Å²) in [5.41, 5.74) is 5.49. The molecule has 0 bridgehead atoms. The van der Waals surface area contributed by atoms with Crippen molar-refractivity contribution < 1.29 is 4.42 Å². The van der Waals surface area contributed by atoms with Crippen molar-refractivity contribution in [3.05, 3.63) is 36.5 Å². The molecule has 0 radical (unpaired) electrons. The summed E-state index contributed by atoms with van der Waals surface area (Å²) in [6.07, 6.45) is 5.62. The van der Waals surface area contributed by atoms with Gasteiger partial charge in [-0.3, -0.25) is 4.98 Å². The van der Waals surface area contributed by atoms with Crippen LogP contribution in [0.25, 0.3) is 0 Å². The standard InChI is InChI=1S/C10H12N4O/c11-9-6-12-7-10(14-9)13-4-3-8-2-1-5-15-8/h1-2,5-7H,3-4H2,(H3,11,13,14). The summed E-state index contributed by atoms with van der Waals surface area (Å²) in [5, 5.41) is 3.11. The minimum Gasteiger partial charge on any atom is -0.469 e. The van der Waals surface area contributed by atoms with Crippen LogP contribution in [0.5, 0.6) is 0 Å². The number of anilines is 2. The second-order valence-electron chi connectivity index (χ2n) is 3.09. The summed E-state index contributed by atoms with van der Waals surface area (Å²) >= 11 is 0. The number of nitrogens with one attached hydrogen (secondary N) is 1. The largest absolute Gasteiger partial charge is 0.469 e. The Hall–Kier alpha value is -2.04. The molecular weight excluding hydrogens is 192 g/mol. The van der Waals surface area contributed by atoms with Gasteiger partial charge in [0.25, 0.3) is 0 Å². The summed E-state index contributed by atoms with van der Waals surface area (Å²) in [7, 11) is 0. The first kappa shape index (κ1) is 9.51. The minimum atomic E-state index is 0.415. The molecule has 0 atom stereocenters. The van der Waals surface area contributed by atoms with Gasteiger partial charge in [0.1, 0.15) is 17.4 Å². The highest BCUT2D eigenvalue weighted by molar-refractivity contribution is 5.38. The van der Waals surface area contributed by atoms with Crippen molar-refractivity contribution in [2.24, 2.45) is 0 Å². The molecule has 0 fully saturated rings. The molecule has 15 heavy (non-hydrogen) atoms. The van der Waals surface area contributed by atoms with Gasteiger partial charge in [0, 0.05) is 13.0 Å². The molecular formula is C10H12N4O. The summed E-state index contributed by atoms with van der Waals surface area (Å²) in [4.78, 5) is 7.99. The first-order valence-corrected chi connectivity index (χ1v) is 4.68. The highest BCUT2D eigenvalue weighted by atomic mass is 16.3. The molecule has 3 N–H and O–H groups in total. The second-order valence-corrected chi connectivity index (χ2v) is 3.09. The first-order valence-electron chi connectivity index (χ1n) is 4.68. The van der Waals surface area contributed by atoms with Gasteiger partial charge in [-0.15, -0.1) is 0 Å². The van der Waals surface area contributed by atoms with E-state index < -0.39 is 0 Å². The minimum absolute atomic E-state index is 0.415. The molecule has 0 amide bonds. The van der Waals surface area contributed by atoms with Crippen molar-refractivity contribution in [1.29, 1.82) is 0 Å². The number of aromatic nitrogens is 2. The van der Waals surface area contributed by atoms with Crippen LogP contribution >= 0.6 is 0 Å². The summed E-state index contributed by atoms with van der Waals surface area (Å²) < 4.78 is 5.19. The van der Waals surface area contributed by atoms with E-state index in [1.807, 2.05) is 12.1 Å². The fourth-order valence-electron chi connectivity index (χ4n) is 1.23. The number of furan rings is 1. The Labute approximate surface area is 87.3 Å². The summed E-state index contributed by atoms with van der Waals surface area (Å²) in [5.74, 6) is 2.04. The van der Waals surface area contributed by atoms with Gasteiger partial charge in [0.15, 0.2) is 0 Å². The van der Waals surface area contributed by atoms with Gasteiger partial charge in [-0.25, -0.2) is 4.98 Å². The maximum atomic E-state index is 5.49. The third kappa shape index (κ3) is 2.70. The van der Waals surface area contributed by atoms with Crippen LogP contribution < -0.4 is 11.1 Å². The molecule has 5 heteroatoms. The van der Waals surface area contributed by atoms with Crippen LogP contribution in [0.15, 0.2) is 35.2 Å². The van der Waals surface area contributed by atoms with Gasteiger partial charge in [0.05, 0.1) is 18.7 Å². The van der Waals surface area contributed by atoms with Crippen molar-refractivity contribution in [1.82, 2.24) is 9.97 Å². The smallest absolute Gasteiger partial charge is 0.146 e. The third-order valence-corrected chi connectivity index (χ3v) is 1.91. The number of nitrogens with two attached hydrogens (primary N) is 1. The highest BCUT2D eigenvalue weighted by Crippen LogP contribution is 2.04. The van der Waals surface area contributed by atoms with Crippen LogP contribution in [0, 0.1) is 0 Å². The van der Waals surface area contributed by atoms with Gasteiger partial charge in [-0.05, 0) is 12.1 Å². The first-order chi connectivity index (χ1) is 7.34. The predicted octanol–water partition coefficient (Wildman–Crippen LogP) is 1.31. The zero-order chi connectivity index (χ0) is 10.5. The molecule has 2 aromatic rings. The fraction of sp³-hybridized carbons (Fsp3) is 0.200. The maximum Gasteiger partial charge on any atom is 0.146 e. The lowest BCUT2D eigenvalue weighted by Gasteiger charge is -2.03. The predicted molar refractivity (Wildman–Crippen MR) is 57.3 cm³/mol. The van der Waals surface area contributed by atoms with E-state index in [2.05, 4.69) is 15.3 Å². The van der Waals surface area contributed by atoms with Crippen LogP contribution in [0.3, 0.4) is 0 Å². The van der Waals surface area contributed by atoms with Crippen molar-refractivity contribution in [3.63, 3.8) is 0 Å². The van der Waals surface area contributed by atoms with Crippen molar-refractivity contribution in [2.45, 2.75) is 6.42 Å². The molecule has 2 aromatic heterocycles. The molecule has 0 saturated carbocycles. The van der Waals surface area contributed by atoms with E-state index in [9.17, 15) is 0 Å². The fourth-order valence-corrected chi connectivity index (χ4v) is 1.23. The number of hydrogen-bond acceptors (Lipinski definition) is 5. The highest BCUT2D eigenvalue weighted by Gasteiger charge is 1.97. The Kier molecular flexibility index (Phi) is 2.82. The van der Waals surface area contributed by atoms with Crippen LogP contribution in [-0.2, 0) is 6.42 Å². The van der Waals surface area contributed by atoms with Gasteiger partial charge in [-0.1, -0.05) is 0 Å². The molecule has 0 saturated heterocycles. The monoisotopic (exact) mass is 204 g/mol. The number of rotatable bonds is 4. The Morgan fingerprint density at radius 3 is 3.07 bits per heavy atom. The number of nitrogen functional groups attached to an aromatic ring is 1. The van der Waals surface area contributed by atoms with E-state index in [4.69, 9.17) is 10.2 Å². The molecule has 2 rings (SSSR count). The maximum absolute atomic E-state index is 5.49. The average Bonchev–Trinajstić information content (AvgIpc) is 2.71. The van der Waals surface area contributed by atoms with Gasteiger partial charge in [-0.2, -0.15) is 0 Å². The van der Waals surface area contributed by atoms with Gasteiger partial charge >= 0.3 is 0 Å². The zero-order valence-corrected chi connectivity index (χ0v) is 8.18.